The highest BCUT2D eigenvalue weighted by Gasteiger charge is 2.21. The van der Waals surface area contributed by atoms with Gasteiger partial charge in [-0.3, -0.25) is 9.59 Å². The van der Waals surface area contributed by atoms with Crippen molar-refractivity contribution < 1.29 is 9.59 Å². The zero-order valence-electron chi connectivity index (χ0n) is 6.95. The second-order valence-electron chi connectivity index (χ2n) is 2.98. The Balaban J connectivity index is 2.35. The van der Waals surface area contributed by atoms with Crippen molar-refractivity contribution in [3.63, 3.8) is 0 Å². The van der Waals surface area contributed by atoms with Crippen LogP contribution in [0.2, 0.25) is 0 Å². The number of hydrogen-bond donors (Lipinski definition) is 1. The van der Waals surface area contributed by atoms with Crippen LogP contribution < -0.4 is 5.73 Å². The molecule has 4 heteroatoms. The van der Waals surface area contributed by atoms with Gasteiger partial charge in [-0.1, -0.05) is 0 Å². The normalized spacial score (nSPS) is 19.2. The predicted octanol–water partition coefficient (Wildman–Crippen LogP) is -0.707. The Bertz CT molecular complexity index is 174. The summed E-state index contributed by atoms with van der Waals surface area (Å²) in [4.78, 5) is 23.0. The molecule has 2 N–H and O–H groups in total. The molecule has 0 unspecified atom stereocenters. The van der Waals surface area contributed by atoms with Crippen LogP contribution in [-0.2, 0) is 9.59 Å². The Morgan fingerprint density at radius 1 is 1.50 bits per heavy atom. The number of carbonyl (C=O) groups excluding carboxylic acids is 2. The van der Waals surface area contributed by atoms with Crippen LogP contribution in [0.3, 0.4) is 0 Å². The number of carbonyl (C=O) groups is 1. The summed E-state index contributed by atoms with van der Waals surface area (Å²) in [7, 11) is 0. The Morgan fingerprint density at radius 2 is 2.08 bits per heavy atom. The van der Waals surface area contributed by atoms with Crippen molar-refractivity contribution in [2.75, 3.05) is 19.6 Å². The number of nitrogens with zero attached hydrogens (tertiary/aromatic N) is 1. The summed E-state index contributed by atoms with van der Waals surface area (Å²) in [5, 5.41) is 0. The standard InChI is InChI=1S/C8H13N2O2/c9-5-8(12)10-3-1-7(6-11)2-4-10/h7H,1-5,9H2. The van der Waals surface area contributed by atoms with Gasteiger partial charge in [0.1, 0.15) is 0 Å². The molecule has 67 valence electrons. The van der Waals surface area contributed by atoms with Gasteiger partial charge >= 0.3 is 0 Å². The van der Waals surface area contributed by atoms with Gasteiger partial charge in [-0.15, -0.1) is 0 Å². The molecule has 12 heavy (non-hydrogen) atoms. The van der Waals surface area contributed by atoms with E-state index in [0.29, 0.717) is 13.1 Å². The molecular weight excluding hydrogens is 156 g/mol. The number of likely N-dealkylation sites (tertiary alicyclic amines) is 1. The molecule has 1 amide bonds. The fourth-order valence-corrected chi connectivity index (χ4v) is 1.38. The van der Waals surface area contributed by atoms with Crippen molar-refractivity contribution in [1.82, 2.24) is 4.90 Å². The summed E-state index contributed by atoms with van der Waals surface area (Å²) in [6.07, 6.45) is 3.42. The summed E-state index contributed by atoms with van der Waals surface area (Å²) in [6.45, 7) is 1.36. The van der Waals surface area contributed by atoms with Gasteiger partial charge in [0.05, 0.1) is 6.54 Å². The van der Waals surface area contributed by atoms with E-state index in [1.54, 1.807) is 4.90 Å². The molecule has 0 saturated carbocycles. The van der Waals surface area contributed by atoms with Crippen LogP contribution in [0.15, 0.2) is 0 Å². The van der Waals surface area contributed by atoms with Gasteiger partial charge in [0.2, 0.25) is 12.2 Å². The molecular formula is C8H13N2O2. The summed E-state index contributed by atoms with van der Waals surface area (Å²) >= 11 is 0. The number of piperidine rings is 1. The lowest BCUT2D eigenvalue weighted by Gasteiger charge is -2.28. The number of hydrogen-bond acceptors (Lipinski definition) is 3. The van der Waals surface area contributed by atoms with Crippen LogP contribution >= 0.6 is 0 Å². The quantitative estimate of drug-likeness (QED) is 0.594. The molecule has 0 aliphatic carbocycles. The fourth-order valence-electron chi connectivity index (χ4n) is 1.38. The molecule has 0 bridgehead atoms. The minimum Gasteiger partial charge on any atom is -0.342 e. The van der Waals surface area contributed by atoms with Crippen molar-refractivity contribution in [1.29, 1.82) is 0 Å². The van der Waals surface area contributed by atoms with E-state index in [4.69, 9.17) is 5.73 Å². The van der Waals surface area contributed by atoms with Crippen LogP contribution in [-0.4, -0.2) is 36.7 Å². The first-order valence-corrected chi connectivity index (χ1v) is 4.13. The van der Waals surface area contributed by atoms with Crippen molar-refractivity contribution in [2.24, 2.45) is 11.7 Å². The highest BCUT2D eigenvalue weighted by molar-refractivity contribution is 5.78. The number of nitrogens with two attached hydrogens (primary N) is 1. The van der Waals surface area contributed by atoms with E-state index in [2.05, 4.69) is 0 Å². The minimum atomic E-state index is -0.0284. The molecule has 1 fully saturated rings. The van der Waals surface area contributed by atoms with Crippen LogP contribution in [0.5, 0.6) is 0 Å². The van der Waals surface area contributed by atoms with E-state index < -0.39 is 0 Å². The maximum Gasteiger partial charge on any atom is 0.236 e. The molecule has 0 aromatic rings. The number of amides is 1. The second kappa shape index (κ2) is 4.21. The molecule has 0 aromatic carbocycles. The molecule has 1 saturated heterocycles. The number of rotatable bonds is 2. The van der Waals surface area contributed by atoms with E-state index in [0.717, 1.165) is 12.8 Å². The third kappa shape index (κ3) is 2.04. The van der Waals surface area contributed by atoms with Gasteiger partial charge in [0, 0.05) is 19.0 Å². The van der Waals surface area contributed by atoms with Crippen LogP contribution in [0, 0.1) is 5.92 Å². The highest BCUT2D eigenvalue weighted by atomic mass is 16.2. The molecule has 0 atom stereocenters. The van der Waals surface area contributed by atoms with Crippen molar-refractivity contribution in [3.8, 4) is 0 Å². The van der Waals surface area contributed by atoms with E-state index in [1.165, 1.54) is 0 Å². The largest absolute Gasteiger partial charge is 0.342 e. The average molecular weight is 169 g/mol. The Morgan fingerprint density at radius 3 is 2.50 bits per heavy atom. The molecule has 1 heterocycles. The highest BCUT2D eigenvalue weighted by Crippen LogP contribution is 2.14. The first-order valence-electron chi connectivity index (χ1n) is 4.13. The Labute approximate surface area is 71.7 Å². The fraction of sp³-hybridized carbons (Fsp3) is 0.750. The molecule has 0 aromatic heterocycles. The van der Waals surface area contributed by atoms with Crippen molar-refractivity contribution >= 4 is 12.2 Å². The van der Waals surface area contributed by atoms with Crippen molar-refractivity contribution in [2.45, 2.75) is 12.8 Å². The molecule has 1 rings (SSSR count). The molecule has 1 radical (unpaired) electrons. The van der Waals surface area contributed by atoms with Crippen LogP contribution in [0.1, 0.15) is 12.8 Å². The van der Waals surface area contributed by atoms with E-state index >= 15 is 0 Å². The predicted molar refractivity (Wildman–Crippen MR) is 44.1 cm³/mol. The lowest BCUT2D eigenvalue weighted by molar-refractivity contribution is -0.130. The second-order valence-corrected chi connectivity index (χ2v) is 2.98. The summed E-state index contributed by atoms with van der Waals surface area (Å²) < 4.78 is 0. The first kappa shape index (κ1) is 9.19. The minimum absolute atomic E-state index is 0.0202. The van der Waals surface area contributed by atoms with Gasteiger partial charge in [-0.05, 0) is 12.8 Å². The Hall–Kier alpha value is -0.900. The van der Waals surface area contributed by atoms with Gasteiger partial charge in [-0.25, -0.2) is 0 Å². The topological polar surface area (TPSA) is 63.4 Å². The average Bonchev–Trinajstić information content (AvgIpc) is 2.17. The van der Waals surface area contributed by atoms with Gasteiger partial charge in [-0.2, -0.15) is 0 Å². The first-order chi connectivity index (χ1) is 5.77. The SMILES string of the molecule is NCC(=O)N1CCC([C]=O)CC1. The summed E-state index contributed by atoms with van der Waals surface area (Å²) in [5.41, 5.74) is 5.20. The monoisotopic (exact) mass is 169 g/mol. The van der Waals surface area contributed by atoms with Gasteiger partial charge in [0.25, 0.3) is 0 Å². The van der Waals surface area contributed by atoms with E-state index in [9.17, 15) is 9.59 Å². The maximum absolute atomic E-state index is 11.1. The molecule has 1 aliphatic rings. The smallest absolute Gasteiger partial charge is 0.236 e. The summed E-state index contributed by atoms with van der Waals surface area (Å²) in [6, 6.07) is 0. The zero-order chi connectivity index (χ0) is 8.97. The van der Waals surface area contributed by atoms with Crippen LogP contribution in [0.4, 0.5) is 0 Å². The maximum atomic E-state index is 11.1. The molecule has 4 nitrogen and oxygen atoms in total. The Kier molecular flexibility index (Phi) is 3.22. The molecule has 0 spiro atoms. The van der Waals surface area contributed by atoms with E-state index in [1.807, 2.05) is 6.29 Å². The lowest BCUT2D eigenvalue weighted by atomic mass is 9.99. The van der Waals surface area contributed by atoms with E-state index in [-0.39, 0.29) is 18.4 Å². The van der Waals surface area contributed by atoms with Gasteiger partial charge in [0.15, 0.2) is 0 Å². The summed E-state index contributed by atoms with van der Waals surface area (Å²) in [5.74, 6) is -0.00817. The van der Waals surface area contributed by atoms with Crippen LogP contribution in [0.25, 0.3) is 0 Å². The van der Waals surface area contributed by atoms with Gasteiger partial charge < -0.3 is 10.6 Å². The third-order valence-electron chi connectivity index (χ3n) is 2.19. The third-order valence-corrected chi connectivity index (χ3v) is 2.19. The van der Waals surface area contributed by atoms with Crippen molar-refractivity contribution in [3.05, 3.63) is 0 Å². The zero-order valence-corrected chi connectivity index (χ0v) is 6.95. The lowest BCUT2D eigenvalue weighted by Crippen LogP contribution is -2.41. The molecule has 1 aliphatic heterocycles.